The standard InChI is InChI=1S/C42H72N2O5/c1-18-19-42(28-22-38(8,9)43(16)39(10,11)23-28,29-24-40(12,13)44(17)41(14,15)25-29)32(34(46)47)35(48)49-26-27-20-30(36(2,3)4)33(45)31(21-27)37(5,6)7/h20-21,28-29,32,45H,18-19,22-26H2,1-17H3,(H,46,47). The number of hydrogen-bond acceptors (Lipinski definition) is 6. The van der Waals surface area contributed by atoms with E-state index in [2.05, 4.69) is 128 Å². The number of benzene rings is 1. The Morgan fingerprint density at radius 3 is 1.41 bits per heavy atom. The van der Waals surface area contributed by atoms with Crippen LogP contribution in [0.15, 0.2) is 12.1 Å². The van der Waals surface area contributed by atoms with Gasteiger partial charge in [-0.25, -0.2) is 0 Å². The molecule has 2 heterocycles. The van der Waals surface area contributed by atoms with Crippen LogP contribution < -0.4 is 0 Å². The van der Waals surface area contributed by atoms with Gasteiger partial charge in [0.15, 0.2) is 5.92 Å². The summed E-state index contributed by atoms with van der Waals surface area (Å²) in [5.41, 5.74) is 0.0831. The van der Waals surface area contributed by atoms with Gasteiger partial charge in [0.25, 0.3) is 0 Å². The van der Waals surface area contributed by atoms with Crippen molar-refractivity contribution in [1.82, 2.24) is 9.80 Å². The molecule has 0 aromatic heterocycles. The van der Waals surface area contributed by atoms with Crippen LogP contribution in [0.1, 0.15) is 159 Å². The van der Waals surface area contributed by atoms with Gasteiger partial charge in [-0.05, 0) is 153 Å². The van der Waals surface area contributed by atoms with Gasteiger partial charge in [-0.1, -0.05) is 54.9 Å². The molecule has 0 spiro atoms. The molecule has 7 nitrogen and oxygen atoms in total. The largest absolute Gasteiger partial charge is 0.507 e. The van der Waals surface area contributed by atoms with Gasteiger partial charge in [-0.3, -0.25) is 19.4 Å². The molecule has 3 rings (SSSR count). The van der Waals surface area contributed by atoms with Gasteiger partial charge < -0.3 is 14.9 Å². The van der Waals surface area contributed by atoms with Crippen LogP contribution in [-0.2, 0) is 31.8 Å². The van der Waals surface area contributed by atoms with Gasteiger partial charge in [0.1, 0.15) is 12.4 Å². The second-order valence-electron chi connectivity index (χ2n) is 20.4. The Labute approximate surface area is 299 Å². The molecule has 2 N–H and O–H groups in total. The van der Waals surface area contributed by atoms with Crippen molar-refractivity contribution in [1.29, 1.82) is 0 Å². The lowest BCUT2D eigenvalue weighted by atomic mass is 9.48. The average molecular weight is 685 g/mol. The number of esters is 1. The number of likely N-dealkylation sites (tertiary alicyclic amines) is 2. The summed E-state index contributed by atoms with van der Waals surface area (Å²) in [7, 11) is 4.36. The number of nitrogens with zero attached hydrogens (tertiary/aromatic N) is 2. The number of rotatable bonds is 9. The SMILES string of the molecule is CCCC(C1CC(C)(C)N(C)C(C)(C)C1)(C1CC(C)(C)N(C)C(C)(C)C1)C(C(=O)O)C(=O)OCc1cc(C(C)(C)C)c(O)c(C(C)(C)C)c1. The highest BCUT2D eigenvalue weighted by Crippen LogP contribution is 2.61. The van der Waals surface area contributed by atoms with Crippen molar-refractivity contribution in [3.8, 4) is 5.75 Å². The quantitative estimate of drug-likeness (QED) is 0.198. The van der Waals surface area contributed by atoms with Crippen molar-refractivity contribution >= 4 is 11.9 Å². The highest BCUT2D eigenvalue weighted by molar-refractivity contribution is 5.95. The van der Waals surface area contributed by atoms with E-state index in [1.54, 1.807) is 0 Å². The van der Waals surface area contributed by atoms with Gasteiger partial charge in [-0.15, -0.1) is 0 Å². The van der Waals surface area contributed by atoms with Gasteiger partial charge in [0, 0.05) is 27.6 Å². The Morgan fingerprint density at radius 1 is 0.776 bits per heavy atom. The van der Waals surface area contributed by atoms with E-state index in [4.69, 9.17) is 4.74 Å². The summed E-state index contributed by atoms with van der Waals surface area (Å²) in [6.07, 6.45) is 4.64. The molecule has 1 aromatic carbocycles. The molecular formula is C42H72N2O5. The zero-order valence-corrected chi connectivity index (χ0v) is 34.4. The lowest BCUT2D eigenvalue weighted by molar-refractivity contribution is -0.188. The first-order valence-corrected chi connectivity index (χ1v) is 18.7. The topological polar surface area (TPSA) is 90.3 Å². The van der Waals surface area contributed by atoms with Crippen LogP contribution in [0.4, 0.5) is 0 Å². The Hall–Kier alpha value is -2.12. The lowest BCUT2D eigenvalue weighted by Gasteiger charge is -2.63. The smallest absolute Gasteiger partial charge is 0.321 e. The molecule has 0 bridgehead atoms. The first-order valence-electron chi connectivity index (χ1n) is 18.7. The number of aromatic hydroxyl groups is 1. The third-order valence-corrected chi connectivity index (χ3v) is 13.0. The molecule has 280 valence electrons. The Morgan fingerprint density at radius 2 is 1.12 bits per heavy atom. The average Bonchev–Trinajstić information content (AvgIpc) is 2.91. The summed E-state index contributed by atoms with van der Waals surface area (Å²) in [4.78, 5) is 33.4. The maximum Gasteiger partial charge on any atom is 0.321 e. The van der Waals surface area contributed by atoms with Gasteiger partial charge in [0.2, 0.25) is 0 Å². The van der Waals surface area contributed by atoms with Crippen LogP contribution in [0.3, 0.4) is 0 Å². The summed E-state index contributed by atoms with van der Waals surface area (Å²) in [5, 5.41) is 22.6. The molecule has 49 heavy (non-hydrogen) atoms. The Balaban J connectivity index is 2.24. The second-order valence-corrected chi connectivity index (χ2v) is 20.4. The zero-order chi connectivity index (χ0) is 37.9. The van der Waals surface area contributed by atoms with Crippen LogP contribution in [-0.4, -0.2) is 68.2 Å². The van der Waals surface area contributed by atoms with Crippen molar-refractivity contribution in [2.45, 2.75) is 182 Å². The summed E-state index contributed by atoms with van der Waals surface area (Å²) in [5.74, 6) is -2.78. The number of phenolic OH excluding ortho intramolecular Hbond substituents is 1. The summed E-state index contributed by atoms with van der Waals surface area (Å²) < 4.78 is 6.19. The van der Waals surface area contributed by atoms with Gasteiger partial charge in [0.05, 0.1) is 0 Å². The molecule has 2 aliphatic rings. The molecule has 0 amide bonds. The lowest BCUT2D eigenvalue weighted by Crippen LogP contribution is -2.66. The second kappa shape index (κ2) is 13.5. The van der Waals surface area contributed by atoms with E-state index < -0.39 is 23.3 Å². The maximum absolute atomic E-state index is 14.7. The third kappa shape index (κ3) is 8.03. The number of carbonyl (C=O) groups is 2. The molecule has 0 saturated carbocycles. The zero-order valence-electron chi connectivity index (χ0n) is 34.4. The minimum atomic E-state index is -1.31. The van der Waals surface area contributed by atoms with Gasteiger partial charge >= 0.3 is 11.9 Å². The highest BCUT2D eigenvalue weighted by Gasteiger charge is 2.63. The van der Waals surface area contributed by atoms with Crippen molar-refractivity contribution in [2.24, 2.45) is 23.2 Å². The van der Waals surface area contributed by atoms with Crippen LogP contribution in [0, 0.1) is 23.2 Å². The number of carboxylic acid groups (broad SMARTS) is 1. The Kier molecular flexibility index (Phi) is 11.3. The number of carboxylic acids is 1. The summed E-state index contributed by atoms with van der Waals surface area (Å²) in [6, 6.07) is 3.83. The fourth-order valence-corrected chi connectivity index (χ4v) is 10.0. The van der Waals surface area contributed by atoms with Crippen LogP contribution in [0.2, 0.25) is 0 Å². The molecule has 2 aliphatic heterocycles. The number of hydrogen-bond donors (Lipinski definition) is 2. The van der Waals surface area contributed by atoms with Crippen molar-refractivity contribution in [3.05, 3.63) is 28.8 Å². The molecule has 1 atom stereocenters. The molecule has 2 saturated heterocycles. The first-order chi connectivity index (χ1) is 22.0. The number of carbonyl (C=O) groups excluding carboxylic acids is 1. The molecule has 0 radical (unpaired) electrons. The van der Waals surface area contributed by atoms with Crippen molar-refractivity contribution < 1.29 is 24.5 Å². The van der Waals surface area contributed by atoms with Crippen LogP contribution in [0.25, 0.3) is 0 Å². The fourth-order valence-electron chi connectivity index (χ4n) is 10.0. The van der Waals surface area contributed by atoms with Crippen LogP contribution in [0.5, 0.6) is 5.75 Å². The van der Waals surface area contributed by atoms with Crippen molar-refractivity contribution in [2.75, 3.05) is 14.1 Å². The van der Waals surface area contributed by atoms with E-state index in [1.165, 1.54) is 0 Å². The van der Waals surface area contributed by atoms with E-state index in [1.807, 2.05) is 12.1 Å². The van der Waals surface area contributed by atoms with Crippen LogP contribution >= 0.6 is 0 Å². The minimum Gasteiger partial charge on any atom is -0.507 e. The maximum atomic E-state index is 14.7. The van der Waals surface area contributed by atoms with E-state index in [-0.39, 0.29) is 57.2 Å². The minimum absolute atomic E-state index is 0.00374. The molecule has 1 unspecified atom stereocenters. The predicted octanol–water partition coefficient (Wildman–Crippen LogP) is 9.32. The van der Waals surface area contributed by atoms with E-state index in [0.717, 1.165) is 48.8 Å². The first kappa shape index (κ1) is 41.3. The highest BCUT2D eigenvalue weighted by atomic mass is 16.5. The number of ether oxygens (including phenoxy) is 1. The van der Waals surface area contributed by atoms with E-state index in [9.17, 15) is 19.8 Å². The molecule has 1 aromatic rings. The number of piperidine rings is 2. The van der Waals surface area contributed by atoms with E-state index in [0.29, 0.717) is 6.42 Å². The monoisotopic (exact) mass is 685 g/mol. The predicted molar refractivity (Wildman–Crippen MR) is 201 cm³/mol. The fraction of sp³-hybridized carbons (Fsp3) is 0.810. The summed E-state index contributed by atoms with van der Waals surface area (Å²) >= 11 is 0. The Bertz CT molecular complexity index is 1260. The third-order valence-electron chi connectivity index (χ3n) is 13.0. The molecular weight excluding hydrogens is 612 g/mol. The summed E-state index contributed by atoms with van der Waals surface area (Å²) in [6.45, 7) is 32.5. The normalized spacial score (nSPS) is 22.9. The molecule has 0 aliphatic carbocycles. The number of phenols is 1. The van der Waals surface area contributed by atoms with Crippen molar-refractivity contribution in [3.63, 3.8) is 0 Å². The number of aliphatic carboxylic acids is 1. The molecule has 2 fully saturated rings. The van der Waals surface area contributed by atoms with E-state index >= 15 is 0 Å². The van der Waals surface area contributed by atoms with Gasteiger partial charge in [-0.2, -0.15) is 0 Å². The molecule has 7 heteroatoms.